The fourth-order valence-electron chi connectivity index (χ4n) is 3.76. The number of hydrogen-bond acceptors (Lipinski definition) is 5. The van der Waals surface area contributed by atoms with Gasteiger partial charge in [-0.2, -0.15) is 31.3 Å². The second kappa shape index (κ2) is 9.45. The van der Waals surface area contributed by atoms with Gasteiger partial charge in [-0.25, -0.2) is 8.42 Å². The molecule has 0 bridgehead atoms. The Hall–Kier alpha value is -2.45. The highest BCUT2D eigenvalue weighted by Gasteiger charge is 2.50. The molecule has 194 valence electrons. The van der Waals surface area contributed by atoms with Crippen LogP contribution in [-0.4, -0.2) is 48.9 Å². The number of carbonyl (C=O) groups excluding carboxylic acids is 1. The molecule has 0 saturated carbocycles. The number of aliphatic imine (C=N–C) groups is 1. The second-order valence-corrected chi connectivity index (χ2v) is 11.8. The number of alkyl halides is 6. The molecule has 0 unspecified atom stereocenters. The third-order valence-electron chi connectivity index (χ3n) is 5.31. The number of amidine groups is 1. The van der Waals surface area contributed by atoms with Crippen molar-refractivity contribution in [3.63, 3.8) is 0 Å². The minimum absolute atomic E-state index is 0.0302. The van der Waals surface area contributed by atoms with Crippen molar-refractivity contribution < 1.29 is 44.3 Å². The zero-order valence-electron chi connectivity index (χ0n) is 17.8. The zero-order valence-corrected chi connectivity index (χ0v) is 20.2. The van der Waals surface area contributed by atoms with E-state index in [1.54, 1.807) is 0 Å². The third kappa shape index (κ3) is 5.92. The van der Waals surface area contributed by atoms with Crippen molar-refractivity contribution in [2.75, 3.05) is 23.0 Å². The number of fused-ring (bicyclic) bond motifs is 1. The van der Waals surface area contributed by atoms with Crippen LogP contribution in [0.25, 0.3) is 0 Å². The first-order valence-corrected chi connectivity index (χ1v) is 13.2. The van der Waals surface area contributed by atoms with Gasteiger partial charge in [-0.1, -0.05) is 23.4 Å². The molecule has 2 atom stereocenters. The zero-order chi connectivity index (χ0) is 26.5. The minimum atomic E-state index is -5.11. The van der Waals surface area contributed by atoms with Crippen molar-refractivity contribution in [3.8, 4) is 5.75 Å². The van der Waals surface area contributed by atoms with Crippen LogP contribution in [0.3, 0.4) is 0 Å². The first-order valence-electron chi connectivity index (χ1n) is 10.1. The van der Waals surface area contributed by atoms with Crippen LogP contribution in [0.15, 0.2) is 47.5 Å². The number of amides is 1. The highest BCUT2D eigenvalue weighted by atomic mass is 35.5. The molecule has 2 saturated heterocycles. The predicted octanol–water partition coefficient (Wildman–Crippen LogP) is 5.06. The Morgan fingerprint density at radius 1 is 1.03 bits per heavy atom. The van der Waals surface area contributed by atoms with Crippen molar-refractivity contribution in [1.29, 1.82) is 0 Å². The molecule has 0 spiro atoms. The Morgan fingerprint density at radius 2 is 1.61 bits per heavy atom. The minimum Gasteiger partial charge on any atom is -0.484 e. The number of rotatable bonds is 4. The molecule has 0 aliphatic carbocycles. The van der Waals surface area contributed by atoms with Gasteiger partial charge in [0.05, 0.1) is 28.7 Å². The third-order valence-corrected chi connectivity index (χ3v) is 8.78. The van der Waals surface area contributed by atoms with Gasteiger partial charge in [0.15, 0.2) is 21.6 Å². The Balaban J connectivity index is 1.71. The van der Waals surface area contributed by atoms with E-state index < -0.39 is 68.6 Å². The summed E-state index contributed by atoms with van der Waals surface area (Å²) in [6.07, 6.45) is -10.2. The van der Waals surface area contributed by atoms with Gasteiger partial charge >= 0.3 is 12.4 Å². The molecule has 2 aliphatic rings. The molecule has 15 heteroatoms. The number of carbonyl (C=O) groups is 1. The van der Waals surface area contributed by atoms with Crippen molar-refractivity contribution in [3.05, 3.63) is 58.6 Å². The molecule has 0 aromatic heterocycles. The lowest BCUT2D eigenvalue weighted by Crippen LogP contribution is -2.38. The highest BCUT2D eigenvalue weighted by molar-refractivity contribution is 8.16. The lowest BCUT2D eigenvalue weighted by atomic mass is 10.1. The van der Waals surface area contributed by atoms with E-state index in [0.29, 0.717) is 17.2 Å². The first-order chi connectivity index (χ1) is 16.6. The molecule has 0 N–H and O–H groups in total. The standard InChI is InChI=1S/C21H15ClF6N2O4S2/c22-13-1-3-15(4-2-13)34-8-18(31)29-19-30(16-9-36(32,33)10-17(16)35-19)14-6-11(20(23,24)25)5-12(7-14)21(26,27)28/h1-7,16-17H,8-10H2/t16-,17-/m0/s1. The fourth-order valence-corrected chi connectivity index (χ4v) is 7.82. The van der Waals surface area contributed by atoms with Gasteiger partial charge < -0.3 is 9.64 Å². The molecule has 2 heterocycles. The largest absolute Gasteiger partial charge is 0.484 e. The number of sulfone groups is 1. The lowest BCUT2D eigenvalue weighted by molar-refractivity contribution is -0.143. The summed E-state index contributed by atoms with van der Waals surface area (Å²) in [5.41, 5.74) is -3.71. The molecule has 36 heavy (non-hydrogen) atoms. The van der Waals surface area contributed by atoms with E-state index in [9.17, 15) is 39.6 Å². The molecular formula is C21H15ClF6N2O4S2. The molecule has 6 nitrogen and oxygen atoms in total. The van der Waals surface area contributed by atoms with Gasteiger partial charge in [-0.15, -0.1) is 0 Å². The molecule has 0 radical (unpaired) electrons. The van der Waals surface area contributed by atoms with Crippen LogP contribution < -0.4 is 9.64 Å². The van der Waals surface area contributed by atoms with Gasteiger partial charge in [0.2, 0.25) is 0 Å². The molecule has 2 fully saturated rings. The van der Waals surface area contributed by atoms with E-state index in [4.69, 9.17) is 16.3 Å². The van der Waals surface area contributed by atoms with Crippen LogP contribution in [0.4, 0.5) is 32.0 Å². The quantitative estimate of drug-likeness (QED) is 0.477. The summed E-state index contributed by atoms with van der Waals surface area (Å²) in [5, 5.41) is -0.521. The number of thioether (sulfide) groups is 1. The predicted molar refractivity (Wildman–Crippen MR) is 122 cm³/mol. The van der Waals surface area contributed by atoms with Crippen molar-refractivity contribution in [1.82, 2.24) is 0 Å². The molecular weight excluding hydrogens is 558 g/mol. The maximum absolute atomic E-state index is 13.4. The number of halogens is 7. The Labute approximate surface area is 210 Å². The van der Waals surface area contributed by atoms with Crippen LogP contribution in [0.1, 0.15) is 11.1 Å². The Kier molecular flexibility index (Phi) is 6.99. The molecule has 4 rings (SSSR count). The molecule has 2 aromatic carbocycles. The summed E-state index contributed by atoms with van der Waals surface area (Å²) in [5.74, 6) is -1.47. The highest BCUT2D eigenvalue weighted by Crippen LogP contribution is 2.44. The number of hydrogen-bond donors (Lipinski definition) is 0. The number of nitrogens with zero attached hydrogens (tertiary/aromatic N) is 2. The summed E-state index contributed by atoms with van der Waals surface area (Å²) in [6.45, 7) is -0.580. The van der Waals surface area contributed by atoms with E-state index >= 15 is 0 Å². The van der Waals surface area contributed by atoms with E-state index in [1.807, 2.05) is 0 Å². The summed E-state index contributed by atoms with van der Waals surface area (Å²) >= 11 is 6.58. The molecule has 2 aromatic rings. The topological polar surface area (TPSA) is 76.0 Å². The normalized spacial score (nSPS) is 22.6. The SMILES string of the molecule is O=C(COc1ccc(Cl)cc1)N=C1S[C@H]2CS(=O)(=O)C[C@@H]2N1c1cc(C(F)(F)F)cc(C(F)(F)F)c1. The smallest absolute Gasteiger partial charge is 0.416 e. The van der Waals surface area contributed by atoms with Crippen LogP contribution in [-0.2, 0) is 27.0 Å². The van der Waals surface area contributed by atoms with Gasteiger partial charge in [0.25, 0.3) is 5.91 Å². The number of ether oxygens (including phenoxy) is 1. The van der Waals surface area contributed by atoms with Gasteiger partial charge in [-0.05, 0) is 42.5 Å². The summed E-state index contributed by atoms with van der Waals surface area (Å²) in [7, 11) is -3.61. The van der Waals surface area contributed by atoms with E-state index in [2.05, 4.69) is 4.99 Å². The van der Waals surface area contributed by atoms with E-state index in [-0.39, 0.29) is 22.7 Å². The fraction of sp³-hybridized carbons (Fsp3) is 0.333. The van der Waals surface area contributed by atoms with Crippen molar-refractivity contribution in [2.24, 2.45) is 4.99 Å². The summed E-state index contributed by atoms with van der Waals surface area (Å²) in [4.78, 5) is 17.3. The lowest BCUT2D eigenvalue weighted by Gasteiger charge is -2.26. The van der Waals surface area contributed by atoms with Gasteiger partial charge in [0, 0.05) is 16.0 Å². The van der Waals surface area contributed by atoms with Crippen LogP contribution in [0.5, 0.6) is 5.75 Å². The van der Waals surface area contributed by atoms with Crippen molar-refractivity contribution in [2.45, 2.75) is 23.6 Å². The van der Waals surface area contributed by atoms with Crippen LogP contribution >= 0.6 is 23.4 Å². The maximum Gasteiger partial charge on any atom is 0.416 e. The molecule has 2 aliphatic heterocycles. The number of benzene rings is 2. The van der Waals surface area contributed by atoms with Gasteiger partial charge in [-0.3, -0.25) is 4.79 Å². The number of anilines is 1. The molecule has 1 amide bonds. The van der Waals surface area contributed by atoms with E-state index in [0.717, 1.165) is 16.7 Å². The summed E-state index contributed by atoms with van der Waals surface area (Å²) in [6, 6.07) is 5.91. The first kappa shape index (κ1) is 26.6. The maximum atomic E-state index is 13.4. The summed E-state index contributed by atoms with van der Waals surface area (Å²) < 4.78 is 110. The second-order valence-electron chi connectivity index (χ2n) is 7.97. The average molecular weight is 573 g/mol. The van der Waals surface area contributed by atoms with Crippen LogP contribution in [0.2, 0.25) is 5.02 Å². The van der Waals surface area contributed by atoms with E-state index in [1.165, 1.54) is 24.3 Å². The van der Waals surface area contributed by atoms with Crippen LogP contribution in [0, 0.1) is 0 Å². The Bertz CT molecular complexity index is 1280. The Morgan fingerprint density at radius 3 is 2.17 bits per heavy atom. The van der Waals surface area contributed by atoms with Gasteiger partial charge in [0.1, 0.15) is 5.75 Å². The van der Waals surface area contributed by atoms with Crippen molar-refractivity contribution >= 4 is 50.0 Å². The monoisotopic (exact) mass is 572 g/mol. The average Bonchev–Trinajstić information content (AvgIpc) is 3.22.